The van der Waals surface area contributed by atoms with Gasteiger partial charge >= 0.3 is 0 Å². The van der Waals surface area contributed by atoms with Crippen LogP contribution in [0.15, 0.2) is 42.5 Å². The highest BCUT2D eigenvalue weighted by atomic mass is 16.5. The summed E-state index contributed by atoms with van der Waals surface area (Å²) in [7, 11) is 1.62. The van der Waals surface area contributed by atoms with Crippen molar-refractivity contribution < 1.29 is 9.53 Å². The molecule has 0 bridgehead atoms. The number of anilines is 3. The first-order valence-electron chi connectivity index (χ1n) is 8.60. The zero-order valence-electron chi connectivity index (χ0n) is 15.4. The van der Waals surface area contributed by atoms with Crippen molar-refractivity contribution in [3.05, 3.63) is 48.0 Å². The summed E-state index contributed by atoms with van der Waals surface area (Å²) in [5.41, 5.74) is 4.05. The van der Waals surface area contributed by atoms with Crippen molar-refractivity contribution in [1.82, 2.24) is 0 Å². The van der Waals surface area contributed by atoms with Crippen LogP contribution in [-0.4, -0.2) is 32.7 Å². The molecule has 0 aromatic heterocycles. The Balaban J connectivity index is 1.92. The summed E-state index contributed by atoms with van der Waals surface area (Å²) in [6.07, 6.45) is 0. The smallest absolute Gasteiger partial charge is 0.243 e. The van der Waals surface area contributed by atoms with E-state index >= 15 is 0 Å². The molecule has 0 saturated carbocycles. The van der Waals surface area contributed by atoms with Gasteiger partial charge in [0, 0.05) is 30.2 Å². The molecular formula is C20H27N3O2. The molecule has 2 aromatic carbocycles. The summed E-state index contributed by atoms with van der Waals surface area (Å²) >= 11 is 0. The number of amides is 1. The first-order chi connectivity index (χ1) is 12.1. The lowest BCUT2D eigenvalue weighted by Crippen LogP contribution is -2.23. The van der Waals surface area contributed by atoms with Crippen molar-refractivity contribution in [1.29, 1.82) is 0 Å². The lowest BCUT2D eigenvalue weighted by Gasteiger charge is -2.22. The zero-order valence-corrected chi connectivity index (χ0v) is 15.4. The second-order valence-corrected chi connectivity index (χ2v) is 5.80. The minimum Gasteiger partial charge on any atom is -0.497 e. The van der Waals surface area contributed by atoms with Gasteiger partial charge in [0.1, 0.15) is 5.75 Å². The fraction of sp³-hybridized carbons (Fsp3) is 0.350. The highest BCUT2D eigenvalue weighted by Gasteiger charge is 2.07. The Morgan fingerprint density at radius 3 is 2.32 bits per heavy atom. The maximum atomic E-state index is 12.1. The third-order valence-electron chi connectivity index (χ3n) is 4.15. The van der Waals surface area contributed by atoms with E-state index in [9.17, 15) is 4.79 Å². The van der Waals surface area contributed by atoms with Gasteiger partial charge in [-0.1, -0.05) is 0 Å². The minimum atomic E-state index is -0.0858. The fourth-order valence-electron chi connectivity index (χ4n) is 2.69. The molecule has 0 aliphatic rings. The number of benzene rings is 2. The Hall–Kier alpha value is -2.69. The SMILES string of the molecule is CCN(CC)c1ccc(NCC(=O)Nc2ccc(OC)cc2)c(C)c1. The second-order valence-electron chi connectivity index (χ2n) is 5.80. The summed E-state index contributed by atoms with van der Waals surface area (Å²) in [4.78, 5) is 14.4. The molecule has 5 nitrogen and oxygen atoms in total. The van der Waals surface area contributed by atoms with Crippen molar-refractivity contribution in [2.45, 2.75) is 20.8 Å². The van der Waals surface area contributed by atoms with E-state index in [0.717, 1.165) is 35.8 Å². The molecule has 1 amide bonds. The quantitative estimate of drug-likeness (QED) is 0.764. The first-order valence-corrected chi connectivity index (χ1v) is 8.60. The van der Waals surface area contributed by atoms with Crippen molar-refractivity contribution in [2.24, 2.45) is 0 Å². The molecule has 2 rings (SSSR count). The number of hydrogen-bond donors (Lipinski definition) is 2. The predicted octanol–water partition coefficient (Wildman–Crippen LogP) is 3.90. The van der Waals surface area contributed by atoms with Gasteiger partial charge in [-0.3, -0.25) is 4.79 Å². The number of rotatable bonds is 8. The van der Waals surface area contributed by atoms with Crippen LogP contribution in [0.5, 0.6) is 5.75 Å². The highest BCUT2D eigenvalue weighted by molar-refractivity contribution is 5.93. The molecule has 0 saturated heterocycles. The average Bonchev–Trinajstić information content (AvgIpc) is 2.62. The van der Waals surface area contributed by atoms with Crippen LogP contribution in [0.1, 0.15) is 19.4 Å². The number of nitrogens with one attached hydrogen (secondary N) is 2. The average molecular weight is 341 g/mol. The van der Waals surface area contributed by atoms with Crippen LogP contribution >= 0.6 is 0 Å². The van der Waals surface area contributed by atoms with Crippen LogP contribution in [0.2, 0.25) is 0 Å². The largest absolute Gasteiger partial charge is 0.497 e. The van der Waals surface area contributed by atoms with Crippen LogP contribution < -0.4 is 20.3 Å². The zero-order chi connectivity index (χ0) is 18.2. The van der Waals surface area contributed by atoms with E-state index in [0.29, 0.717) is 0 Å². The van der Waals surface area contributed by atoms with Crippen LogP contribution in [0.25, 0.3) is 0 Å². The molecule has 0 unspecified atom stereocenters. The van der Waals surface area contributed by atoms with E-state index in [1.807, 2.05) is 30.3 Å². The van der Waals surface area contributed by atoms with Crippen molar-refractivity contribution in [3.8, 4) is 5.75 Å². The van der Waals surface area contributed by atoms with Crippen LogP contribution in [0, 0.1) is 6.92 Å². The Bertz CT molecular complexity index is 695. The Morgan fingerprint density at radius 2 is 1.76 bits per heavy atom. The molecule has 0 aliphatic carbocycles. The Labute approximate surface area is 150 Å². The summed E-state index contributed by atoms with van der Waals surface area (Å²) < 4.78 is 5.11. The predicted molar refractivity (Wildman–Crippen MR) is 105 cm³/mol. The molecule has 0 aliphatic heterocycles. The summed E-state index contributed by atoms with van der Waals surface area (Å²) in [5, 5.41) is 6.07. The lowest BCUT2D eigenvalue weighted by molar-refractivity contribution is -0.114. The minimum absolute atomic E-state index is 0.0858. The van der Waals surface area contributed by atoms with Gasteiger partial charge in [-0.25, -0.2) is 0 Å². The number of methoxy groups -OCH3 is 1. The Morgan fingerprint density at radius 1 is 1.08 bits per heavy atom. The molecule has 134 valence electrons. The van der Waals surface area contributed by atoms with E-state index in [1.54, 1.807) is 7.11 Å². The molecule has 0 heterocycles. The third-order valence-corrected chi connectivity index (χ3v) is 4.15. The molecule has 0 fully saturated rings. The van der Waals surface area contributed by atoms with E-state index in [2.05, 4.69) is 48.4 Å². The molecular weight excluding hydrogens is 314 g/mol. The normalized spacial score (nSPS) is 10.2. The van der Waals surface area contributed by atoms with Crippen LogP contribution in [0.3, 0.4) is 0 Å². The summed E-state index contributed by atoms with van der Waals surface area (Å²) in [6.45, 7) is 8.52. The maximum Gasteiger partial charge on any atom is 0.243 e. The fourth-order valence-corrected chi connectivity index (χ4v) is 2.69. The van der Waals surface area contributed by atoms with E-state index in [4.69, 9.17) is 4.74 Å². The Kier molecular flexibility index (Phi) is 6.69. The molecule has 5 heteroatoms. The number of carbonyl (C=O) groups excluding carboxylic acids is 1. The number of aryl methyl sites for hydroxylation is 1. The standard InChI is InChI=1S/C20H27N3O2/c1-5-23(6-2)17-9-12-19(15(3)13-17)21-14-20(24)22-16-7-10-18(25-4)11-8-16/h7-13,21H,5-6,14H2,1-4H3,(H,22,24). The topological polar surface area (TPSA) is 53.6 Å². The van der Waals surface area contributed by atoms with E-state index in [-0.39, 0.29) is 12.5 Å². The van der Waals surface area contributed by atoms with E-state index < -0.39 is 0 Å². The molecule has 2 N–H and O–H groups in total. The maximum absolute atomic E-state index is 12.1. The second kappa shape index (κ2) is 8.97. The van der Waals surface area contributed by atoms with Gasteiger partial charge < -0.3 is 20.3 Å². The van der Waals surface area contributed by atoms with Crippen molar-refractivity contribution in [2.75, 3.05) is 42.3 Å². The van der Waals surface area contributed by atoms with Gasteiger partial charge in [-0.2, -0.15) is 0 Å². The van der Waals surface area contributed by atoms with Gasteiger partial charge in [0.2, 0.25) is 5.91 Å². The van der Waals surface area contributed by atoms with Crippen molar-refractivity contribution in [3.63, 3.8) is 0 Å². The molecule has 0 atom stereocenters. The highest BCUT2D eigenvalue weighted by Crippen LogP contribution is 2.22. The number of nitrogens with zero attached hydrogens (tertiary/aromatic N) is 1. The van der Waals surface area contributed by atoms with Gasteiger partial charge in [0.25, 0.3) is 0 Å². The number of hydrogen-bond acceptors (Lipinski definition) is 4. The van der Waals surface area contributed by atoms with Gasteiger partial charge in [-0.05, 0) is 68.8 Å². The van der Waals surface area contributed by atoms with Gasteiger partial charge in [0.05, 0.1) is 13.7 Å². The molecule has 2 aromatic rings. The molecule has 0 radical (unpaired) electrons. The number of ether oxygens (including phenoxy) is 1. The molecule has 25 heavy (non-hydrogen) atoms. The van der Waals surface area contributed by atoms with Crippen LogP contribution in [-0.2, 0) is 4.79 Å². The third kappa shape index (κ3) is 5.14. The number of carbonyl (C=O) groups is 1. The summed E-state index contributed by atoms with van der Waals surface area (Å²) in [6, 6.07) is 13.5. The summed E-state index contributed by atoms with van der Waals surface area (Å²) in [5.74, 6) is 0.678. The molecule has 0 spiro atoms. The monoisotopic (exact) mass is 341 g/mol. The van der Waals surface area contributed by atoms with Crippen molar-refractivity contribution >= 4 is 23.0 Å². The van der Waals surface area contributed by atoms with E-state index in [1.165, 1.54) is 5.69 Å². The van der Waals surface area contributed by atoms with Gasteiger partial charge in [0.15, 0.2) is 0 Å². The van der Waals surface area contributed by atoms with Crippen LogP contribution in [0.4, 0.5) is 17.1 Å². The van der Waals surface area contributed by atoms with Gasteiger partial charge in [-0.15, -0.1) is 0 Å². The first kappa shape index (κ1) is 18.6. The lowest BCUT2D eigenvalue weighted by atomic mass is 10.1.